The third-order valence-corrected chi connectivity index (χ3v) is 3.14. The van der Waals surface area contributed by atoms with Crippen molar-refractivity contribution in [1.82, 2.24) is 9.78 Å². The van der Waals surface area contributed by atoms with Crippen LogP contribution in [0, 0.1) is 0 Å². The summed E-state index contributed by atoms with van der Waals surface area (Å²) in [6, 6.07) is 4.72. The van der Waals surface area contributed by atoms with E-state index in [1.165, 1.54) is 10.7 Å². The van der Waals surface area contributed by atoms with Crippen LogP contribution in [0.25, 0.3) is 10.9 Å². The highest BCUT2D eigenvalue weighted by Crippen LogP contribution is 2.30. The molecule has 102 valence electrons. The van der Waals surface area contributed by atoms with E-state index in [4.69, 9.17) is 5.73 Å². The van der Waals surface area contributed by atoms with Crippen LogP contribution in [-0.4, -0.2) is 26.9 Å². The topological polar surface area (TPSA) is 60.9 Å². The molecule has 1 heterocycles. The molecule has 0 aliphatic rings. The van der Waals surface area contributed by atoms with Crippen molar-refractivity contribution in [2.24, 2.45) is 5.73 Å². The number of fused-ring (bicyclic) bond motifs is 1. The van der Waals surface area contributed by atoms with Crippen molar-refractivity contribution >= 4 is 28.6 Å². The van der Waals surface area contributed by atoms with Gasteiger partial charge in [0.25, 0.3) is 0 Å². The zero-order chi connectivity index (χ0) is 14.0. The molecule has 0 spiro atoms. The molecule has 1 aromatic carbocycles. The number of thioether (sulfide) groups is 1. The summed E-state index contributed by atoms with van der Waals surface area (Å²) < 4.78 is 37.4. The Morgan fingerprint density at radius 2 is 2.16 bits per heavy atom. The standard InChI is InChI=1S/C11H10F3N3OS/c12-11(13,14)19-4-3-17-6-8-5-7(10(15)18)1-2-9(8)16-17/h1-2,5-6H,3-4H2,(H2,15,18). The van der Waals surface area contributed by atoms with Crippen LogP contribution in [-0.2, 0) is 6.54 Å². The van der Waals surface area contributed by atoms with Crippen molar-refractivity contribution < 1.29 is 18.0 Å². The third-order valence-electron chi connectivity index (χ3n) is 2.42. The molecule has 2 N–H and O–H groups in total. The van der Waals surface area contributed by atoms with Crippen LogP contribution in [0.2, 0.25) is 0 Å². The monoisotopic (exact) mass is 289 g/mol. The number of nitrogens with zero attached hydrogens (tertiary/aromatic N) is 2. The lowest BCUT2D eigenvalue weighted by atomic mass is 10.1. The Kier molecular flexibility index (Phi) is 3.70. The van der Waals surface area contributed by atoms with E-state index in [0.717, 1.165) is 0 Å². The molecule has 19 heavy (non-hydrogen) atoms. The Hall–Kier alpha value is -1.70. The Morgan fingerprint density at radius 1 is 1.42 bits per heavy atom. The van der Waals surface area contributed by atoms with Crippen molar-refractivity contribution in [2.75, 3.05) is 5.75 Å². The van der Waals surface area contributed by atoms with Crippen LogP contribution in [0.5, 0.6) is 0 Å². The minimum atomic E-state index is -4.23. The molecular formula is C11H10F3N3OS. The van der Waals surface area contributed by atoms with Crippen molar-refractivity contribution in [3.05, 3.63) is 30.0 Å². The zero-order valence-corrected chi connectivity index (χ0v) is 10.5. The number of aryl methyl sites for hydroxylation is 1. The van der Waals surface area contributed by atoms with Crippen LogP contribution < -0.4 is 5.73 Å². The molecule has 0 atom stereocenters. The number of amides is 1. The van der Waals surface area contributed by atoms with Gasteiger partial charge in [-0.1, -0.05) is 0 Å². The summed E-state index contributed by atoms with van der Waals surface area (Å²) >= 11 is -0.0886. The lowest BCUT2D eigenvalue weighted by Crippen LogP contribution is -2.10. The van der Waals surface area contributed by atoms with Crippen molar-refractivity contribution in [1.29, 1.82) is 0 Å². The van der Waals surface area contributed by atoms with Gasteiger partial charge in [0.05, 0.1) is 12.1 Å². The smallest absolute Gasteiger partial charge is 0.366 e. The lowest BCUT2D eigenvalue weighted by Gasteiger charge is -2.04. The normalized spacial score (nSPS) is 11.9. The molecule has 0 fully saturated rings. The molecule has 0 unspecified atom stereocenters. The van der Waals surface area contributed by atoms with E-state index in [0.29, 0.717) is 16.5 Å². The fourth-order valence-electron chi connectivity index (χ4n) is 1.60. The van der Waals surface area contributed by atoms with Gasteiger partial charge in [0.1, 0.15) is 0 Å². The maximum atomic E-state index is 12.0. The number of carbonyl (C=O) groups is 1. The summed E-state index contributed by atoms with van der Waals surface area (Å²) in [6.07, 6.45) is 1.60. The third kappa shape index (κ3) is 3.63. The van der Waals surface area contributed by atoms with E-state index in [9.17, 15) is 18.0 Å². The highest BCUT2D eigenvalue weighted by Gasteiger charge is 2.27. The first-order chi connectivity index (χ1) is 8.85. The summed E-state index contributed by atoms with van der Waals surface area (Å²) in [6.45, 7) is 0.144. The minimum absolute atomic E-state index is 0.0886. The van der Waals surface area contributed by atoms with Gasteiger partial charge in [-0.15, -0.1) is 0 Å². The van der Waals surface area contributed by atoms with E-state index >= 15 is 0 Å². The second-order valence-electron chi connectivity index (χ2n) is 3.82. The number of primary amides is 1. The second kappa shape index (κ2) is 5.12. The van der Waals surface area contributed by atoms with Gasteiger partial charge in [-0.25, -0.2) is 0 Å². The molecule has 1 amide bonds. The summed E-state index contributed by atoms with van der Waals surface area (Å²) in [5, 5.41) is 4.79. The number of nitrogens with two attached hydrogens (primary N) is 1. The molecule has 1 aromatic heterocycles. The highest BCUT2D eigenvalue weighted by atomic mass is 32.2. The fraction of sp³-hybridized carbons (Fsp3) is 0.273. The van der Waals surface area contributed by atoms with E-state index < -0.39 is 11.4 Å². The highest BCUT2D eigenvalue weighted by molar-refractivity contribution is 8.00. The van der Waals surface area contributed by atoms with E-state index in [-0.39, 0.29) is 24.1 Å². The zero-order valence-electron chi connectivity index (χ0n) is 9.65. The van der Waals surface area contributed by atoms with Gasteiger partial charge in [-0.05, 0) is 30.0 Å². The number of aromatic nitrogens is 2. The Balaban J connectivity index is 2.11. The van der Waals surface area contributed by atoms with Gasteiger partial charge < -0.3 is 5.73 Å². The Morgan fingerprint density at radius 3 is 2.79 bits per heavy atom. The first-order valence-corrected chi connectivity index (χ1v) is 6.31. The van der Waals surface area contributed by atoms with Gasteiger partial charge in [0.2, 0.25) is 5.91 Å². The summed E-state index contributed by atoms with van der Waals surface area (Å²) in [5.41, 5.74) is 1.87. The lowest BCUT2D eigenvalue weighted by molar-refractivity contribution is -0.0328. The largest absolute Gasteiger partial charge is 0.441 e. The predicted molar refractivity (Wildman–Crippen MR) is 66.8 cm³/mol. The summed E-state index contributed by atoms with van der Waals surface area (Å²) in [7, 11) is 0. The summed E-state index contributed by atoms with van der Waals surface area (Å²) in [5.74, 6) is -0.664. The number of hydrogen-bond donors (Lipinski definition) is 1. The van der Waals surface area contributed by atoms with Gasteiger partial charge in [0, 0.05) is 22.9 Å². The molecule has 2 aromatic rings. The molecule has 4 nitrogen and oxygen atoms in total. The molecule has 2 rings (SSSR count). The molecule has 8 heteroatoms. The van der Waals surface area contributed by atoms with Crippen molar-refractivity contribution in [3.63, 3.8) is 0 Å². The fourth-order valence-corrected chi connectivity index (χ4v) is 2.11. The average molecular weight is 289 g/mol. The number of rotatable bonds is 4. The molecule has 0 saturated carbocycles. The number of alkyl halides is 3. The maximum absolute atomic E-state index is 12.0. The van der Waals surface area contributed by atoms with Gasteiger partial charge >= 0.3 is 5.51 Å². The van der Waals surface area contributed by atoms with Gasteiger partial charge in [-0.3, -0.25) is 9.48 Å². The average Bonchev–Trinajstić information content (AvgIpc) is 2.68. The van der Waals surface area contributed by atoms with Crippen LogP contribution >= 0.6 is 11.8 Å². The molecule has 0 aliphatic heterocycles. The Labute approximate surface area is 110 Å². The maximum Gasteiger partial charge on any atom is 0.441 e. The van der Waals surface area contributed by atoms with Crippen LogP contribution in [0.15, 0.2) is 24.4 Å². The van der Waals surface area contributed by atoms with E-state index in [1.54, 1.807) is 18.3 Å². The number of benzene rings is 1. The first-order valence-electron chi connectivity index (χ1n) is 5.33. The van der Waals surface area contributed by atoms with E-state index in [2.05, 4.69) is 5.10 Å². The first kappa shape index (κ1) is 13.7. The molecular weight excluding hydrogens is 279 g/mol. The predicted octanol–water partition coefficient (Wildman–Crippen LogP) is 2.39. The van der Waals surface area contributed by atoms with Crippen molar-refractivity contribution in [3.8, 4) is 0 Å². The van der Waals surface area contributed by atoms with Gasteiger partial charge in [-0.2, -0.15) is 18.3 Å². The van der Waals surface area contributed by atoms with Crippen LogP contribution in [0.3, 0.4) is 0 Å². The number of halogens is 3. The second-order valence-corrected chi connectivity index (χ2v) is 4.98. The SMILES string of the molecule is NC(=O)c1ccc2nn(CCSC(F)(F)F)cc2c1. The molecule has 0 bridgehead atoms. The molecule has 0 saturated heterocycles. The number of carbonyl (C=O) groups excluding carboxylic acids is 1. The Bertz CT molecular complexity index is 609. The minimum Gasteiger partial charge on any atom is -0.366 e. The van der Waals surface area contributed by atoms with E-state index in [1.807, 2.05) is 0 Å². The van der Waals surface area contributed by atoms with Gasteiger partial charge in [0.15, 0.2) is 0 Å². The van der Waals surface area contributed by atoms with Crippen LogP contribution in [0.1, 0.15) is 10.4 Å². The molecule has 0 radical (unpaired) electrons. The molecule has 0 aliphatic carbocycles. The van der Waals surface area contributed by atoms with Crippen LogP contribution in [0.4, 0.5) is 13.2 Å². The number of hydrogen-bond acceptors (Lipinski definition) is 3. The van der Waals surface area contributed by atoms with Crippen molar-refractivity contribution in [2.45, 2.75) is 12.1 Å². The quantitative estimate of drug-likeness (QED) is 0.940. The summed E-state index contributed by atoms with van der Waals surface area (Å²) in [4.78, 5) is 11.0.